The minimum Gasteiger partial charge on any atom is -0.493 e. The molecule has 0 radical (unpaired) electrons. The Balaban J connectivity index is 1.63. The second-order valence-corrected chi connectivity index (χ2v) is 9.14. The van der Waals surface area contributed by atoms with Gasteiger partial charge in [0.2, 0.25) is 0 Å². The zero-order chi connectivity index (χ0) is 24.9. The minimum absolute atomic E-state index is 0.133. The predicted octanol–water partition coefficient (Wildman–Crippen LogP) is 6.35. The smallest absolute Gasteiger partial charge is 0.411 e. The monoisotopic (exact) mass is 539 g/mol. The lowest BCUT2D eigenvalue weighted by Crippen LogP contribution is -2.33. The molecule has 3 aromatic rings. The quantitative estimate of drug-likeness (QED) is 0.341. The molecular formula is C27H26BrNO6. The van der Waals surface area contributed by atoms with Crippen LogP contribution in [0, 0.1) is 0 Å². The summed E-state index contributed by atoms with van der Waals surface area (Å²) >= 11 is 3.51. The molecule has 8 heteroatoms. The van der Waals surface area contributed by atoms with E-state index in [4.69, 9.17) is 19.3 Å². The van der Waals surface area contributed by atoms with Gasteiger partial charge in [-0.3, -0.25) is 9.69 Å². The lowest BCUT2D eigenvalue weighted by atomic mass is 9.99. The van der Waals surface area contributed by atoms with Crippen LogP contribution in [0.25, 0.3) is 0 Å². The predicted molar refractivity (Wildman–Crippen MR) is 134 cm³/mol. The number of carboxylic acid groups (broad SMARTS) is 1. The maximum atomic E-state index is 12.9. The van der Waals surface area contributed by atoms with E-state index in [0.29, 0.717) is 22.8 Å². The number of nitrogens with zero attached hydrogens (tertiary/aromatic N) is 1. The van der Waals surface area contributed by atoms with Crippen LogP contribution in [0.15, 0.2) is 71.2 Å². The van der Waals surface area contributed by atoms with Crippen molar-refractivity contribution < 1.29 is 28.9 Å². The van der Waals surface area contributed by atoms with E-state index in [2.05, 4.69) is 15.9 Å². The minimum atomic E-state index is -0.934. The van der Waals surface area contributed by atoms with Gasteiger partial charge in [0.15, 0.2) is 11.5 Å². The van der Waals surface area contributed by atoms with Gasteiger partial charge in [0.25, 0.3) is 0 Å². The van der Waals surface area contributed by atoms with Crippen LogP contribution in [0.5, 0.6) is 17.2 Å². The van der Waals surface area contributed by atoms with E-state index >= 15 is 0 Å². The molecule has 35 heavy (non-hydrogen) atoms. The summed E-state index contributed by atoms with van der Waals surface area (Å²) in [4.78, 5) is 25.8. The molecule has 1 heterocycles. The molecule has 1 fully saturated rings. The molecule has 0 aromatic heterocycles. The lowest BCUT2D eigenvalue weighted by molar-refractivity contribution is -0.136. The number of carboxylic acids is 1. The van der Waals surface area contributed by atoms with Crippen LogP contribution >= 0.6 is 15.9 Å². The Morgan fingerprint density at radius 2 is 1.80 bits per heavy atom. The van der Waals surface area contributed by atoms with Crippen LogP contribution in [0.2, 0.25) is 0 Å². The van der Waals surface area contributed by atoms with Gasteiger partial charge in [0.05, 0.1) is 26.1 Å². The molecular weight excluding hydrogens is 514 g/mol. The van der Waals surface area contributed by atoms with Gasteiger partial charge in [0.1, 0.15) is 11.9 Å². The number of carbonyl (C=O) groups excluding carboxylic acids is 1. The topological polar surface area (TPSA) is 85.3 Å². The number of methoxy groups -OCH3 is 1. The van der Waals surface area contributed by atoms with Gasteiger partial charge in [-0.05, 0) is 47.9 Å². The van der Waals surface area contributed by atoms with Gasteiger partial charge >= 0.3 is 12.1 Å². The van der Waals surface area contributed by atoms with Crippen molar-refractivity contribution in [2.75, 3.05) is 7.11 Å². The van der Waals surface area contributed by atoms with Crippen LogP contribution in [0.1, 0.15) is 36.1 Å². The van der Waals surface area contributed by atoms with E-state index in [1.807, 2.05) is 49.4 Å². The largest absolute Gasteiger partial charge is 0.493 e. The van der Waals surface area contributed by atoms with Crippen molar-refractivity contribution in [2.45, 2.75) is 38.5 Å². The van der Waals surface area contributed by atoms with Gasteiger partial charge in [-0.2, -0.15) is 0 Å². The number of amides is 1. The van der Waals surface area contributed by atoms with Gasteiger partial charge in [0, 0.05) is 10.0 Å². The number of benzene rings is 3. The molecule has 7 nitrogen and oxygen atoms in total. The van der Waals surface area contributed by atoms with Crippen LogP contribution < -0.4 is 9.47 Å². The summed E-state index contributed by atoms with van der Waals surface area (Å²) in [5.74, 6) is 0.471. The summed E-state index contributed by atoms with van der Waals surface area (Å²) in [6.45, 7) is 2.32. The number of halogens is 1. The molecule has 1 amide bonds. The Kier molecular flexibility index (Phi) is 7.60. The van der Waals surface area contributed by atoms with E-state index in [-0.39, 0.29) is 31.2 Å². The second-order valence-electron chi connectivity index (χ2n) is 8.23. The summed E-state index contributed by atoms with van der Waals surface area (Å²) in [5, 5.41) is 9.16. The van der Waals surface area contributed by atoms with Crippen molar-refractivity contribution in [2.24, 2.45) is 0 Å². The summed E-state index contributed by atoms with van der Waals surface area (Å²) < 4.78 is 18.3. The summed E-state index contributed by atoms with van der Waals surface area (Å²) in [7, 11) is 1.53. The highest BCUT2D eigenvalue weighted by Crippen LogP contribution is 2.39. The van der Waals surface area contributed by atoms with Crippen LogP contribution in [0.3, 0.4) is 0 Å². The molecule has 3 aromatic carbocycles. The Morgan fingerprint density at radius 1 is 1.06 bits per heavy atom. The molecule has 4 rings (SSSR count). The number of hydrogen-bond acceptors (Lipinski definition) is 5. The van der Waals surface area contributed by atoms with Crippen LogP contribution in [0.4, 0.5) is 4.79 Å². The average Bonchev–Trinajstić information content (AvgIpc) is 3.16. The maximum absolute atomic E-state index is 12.9. The Labute approximate surface area is 212 Å². The summed E-state index contributed by atoms with van der Waals surface area (Å²) in [6.07, 6.45) is -0.136. The first-order valence-corrected chi connectivity index (χ1v) is 12.1. The highest BCUT2D eigenvalue weighted by atomic mass is 79.9. The first-order chi connectivity index (χ1) is 16.9. The third kappa shape index (κ3) is 5.59. The molecule has 0 saturated carbocycles. The summed E-state index contributed by atoms with van der Waals surface area (Å²) in [5.41, 5.74) is 2.32. The van der Waals surface area contributed by atoms with Crippen molar-refractivity contribution in [3.63, 3.8) is 0 Å². The fourth-order valence-electron chi connectivity index (χ4n) is 4.26. The zero-order valence-electron chi connectivity index (χ0n) is 19.4. The SMILES string of the molecule is CCC1C(c2ccccc2)OC(=O)N1Cc1cc(Br)ccc1Oc1cc(CC(=O)O)ccc1OC. The Morgan fingerprint density at radius 3 is 2.49 bits per heavy atom. The van der Waals surface area contributed by atoms with E-state index in [0.717, 1.165) is 22.0 Å². The Bertz CT molecular complexity index is 1220. The molecule has 2 atom stereocenters. The van der Waals surface area contributed by atoms with E-state index in [1.165, 1.54) is 7.11 Å². The van der Waals surface area contributed by atoms with E-state index in [9.17, 15) is 9.59 Å². The first-order valence-electron chi connectivity index (χ1n) is 11.3. The lowest BCUT2D eigenvalue weighted by Gasteiger charge is -2.25. The fourth-order valence-corrected chi connectivity index (χ4v) is 4.67. The van der Waals surface area contributed by atoms with Crippen molar-refractivity contribution in [1.29, 1.82) is 0 Å². The number of carbonyl (C=O) groups is 2. The number of hydrogen-bond donors (Lipinski definition) is 1. The standard InChI is InChI=1S/C27H26BrNO6/c1-3-21-26(18-7-5-4-6-8-18)35-27(32)29(21)16-19-15-20(28)10-12-22(19)34-24-13-17(14-25(30)31)9-11-23(24)33-2/h4-13,15,21,26H,3,14,16H2,1-2H3,(H,30,31). The molecule has 2 unspecified atom stereocenters. The van der Waals surface area contributed by atoms with Crippen molar-refractivity contribution >= 4 is 28.0 Å². The van der Waals surface area contributed by atoms with Gasteiger partial charge in [-0.15, -0.1) is 0 Å². The number of ether oxygens (including phenoxy) is 3. The van der Waals surface area contributed by atoms with Crippen LogP contribution in [-0.2, 0) is 22.5 Å². The normalized spacial score (nSPS) is 17.2. The molecule has 1 saturated heterocycles. The molecule has 0 spiro atoms. The highest BCUT2D eigenvalue weighted by molar-refractivity contribution is 9.10. The van der Waals surface area contributed by atoms with Crippen molar-refractivity contribution in [1.82, 2.24) is 4.90 Å². The van der Waals surface area contributed by atoms with Crippen molar-refractivity contribution in [3.05, 3.63) is 87.9 Å². The average molecular weight is 540 g/mol. The number of rotatable bonds is 9. The van der Waals surface area contributed by atoms with Crippen LogP contribution in [-0.4, -0.2) is 35.2 Å². The molecule has 182 valence electrons. The third-order valence-corrected chi connectivity index (χ3v) is 6.42. The van der Waals surface area contributed by atoms with Crippen molar-refractivity contribution in [3.8, 4) is 17.2 Å². The molecule has 0 bridgehead atoms. The third-order valence-electron chi connectivity index (χ3n) is 5.93. The van der Waals surface area contributed by atoms with E-state index < -0.39 is 5.97 Å². The van der Waals surface area contributed by atoms with E-state index in [1.54, 1.807) is 29.2 Å². The Hall–Kier alpha value is -3.52. The fraction of sp³-hybridized carbons (Fsp3) is 0.259. The second kappa shape index (κ2) is 10.8. The van der Waals surface area contributed by atoms with Gasteiger partial charge in [-0.25, -0.2) is 4.79 Å². The first kappa shape index (κ1) is 24.6. The number of aliphatic carboxylic acids is 1. The molecule has 1 aliphatic rings. The number of cyclic esters (lactones) is 1. The highest BCUT2D eigenvalue weighted by Gasteiger charge is 2.41. The molecule has 0 aliphatic carbocycles. The zero-order valence-corrected chi connectivity index (χ0v) is 21.0. The summed E-state index contributed by atoms with van der Waals surface area (Å²) in [6, 6.07) is 20.2. The van der Waals surface area contributed by atoms with Gasteiger partial charge in [-0.1, -0.05) is 59.3 Å². The van der Waals surface area contributed by atoms with Gasteiger partial charge < -0.3 is 19.3 Å². The molecule has 1 aliphatic heterocycles. The maximum Gasteiger partial charge on any atom is 0.411 e. The molecule has 1 N–H and O–H groups in total.